The number of hydrogen-bond donors (Lipinski definition) is 2. The Morgan fingerprint density at radius 3 is 2.73 bits per heavy atom. The third-order valence-corrected chi connectivity index (χ3v) is 3.88. The van der Waals surface area contributed by atoms with E-state index in [1.54, 1.807) is 17.4 Å². The van der Waals surface area contributed by atoms with Gasteiger partial charge in [-0.15, -0.1) is 11.3 Å². The van der Waals surface area contributed by atoms with Crippen LogP contribution in [0.25, 0.3) is 0 Å². The summed E-state index contributed by atoms with van der Waals surface area (Å²) in [6.07, 6.45) is -3.51. The predicted molar refractivity (Wildman–Crippen MR) is 82.8 cm³/mol. The van der Waals surface area contributed by atoms with Gasteiger partial charge in [-0.2, -0.15) is 13.2 Å². The average Bonchev–Trinajstić information content (AvgIpc) is 2.98. The SMILES string of the molecule is NC(=NCc1cccc(C(F)(F)F)c1)NCCc1cccs1. The standard InChI is InChI=1S/C15H16F3N3S/c16-15(17,18)12-4-1-3-11(9-12)10-21-14(19)20-7-6-13-5-2-8-22-13/h1-5,8-9H,6-7,10H2,(H3,19,20,21). The van der Waals surface area contributed by atoms with Crippen molar-refractivity contribution in [1.82, 2.24) is 5.32 Å². The summed E-state index contributed by atoms with van der Waals surface area (Å²) < 4.78 is 37.8. The van der Waals surface area contributed by atoms with E-state index in [2.05, 4.69) is 10.3 Å². The molecule has 0 unspecified atom stereocenters. The van der Waals surface area contributed by atoms with E-state index in [4.69, 9.17) is 5.73 Å². The van der Waals surface area contributed by atoms with E-state index in [-0.39, 0.29) is 12.5 Å². The second-order valence-electron chi connectivity index (χ2n) is 4.66. The van der Waals surface area contributed by atoms with Gasteiger partial charge in [-0.1, -0.05) is 18.2 Å². The van der Waals surface area contributed by atoms with E-state index < -0.39 is 11.7 Å². The van der Waals surface area contributed by atoms with Crippen molar-refractivity contribution in [3.05, 3.63) is 57.8 Å². The fraction of sp³-hybridized carbons (Fsp3) is 0.267. The molecule has 118 valence electrons. The Morgan fingerprint density at radius 2 is 2.05 bits per heavy atom. The maximum atomic E-state index is 12.6. The smallest absolute Gasteiger partial charge is 0.370 e. The van der Waals surface area contributed by atoms with E-state index in [1.807, 2.05) is 17.5 Å². The molecule has 22 heavy (non-hydrogen) atoms. The van der Waals surface area contributed by atoms with Crippen molar-refractivity contribution in [2.24, 2.45) is 10.7 Å². The lowest BCUT2D eigenvalue weighted by atomic mass is 10.1. The van der Waals surface area contributed by atoms with Gasteiger partial charge in [-0.3, -0.25) is 0 Å². The van der Waals surface area contributed by atoms with Crippen LogP contribution in [0, 0.1) is 0 Å². The van der Waals surface area contributed by atoms with E-state index in [0.29, 0.717) is 12.1 Å². The molecular weight excluding hydrogens is 311 g/mol. The van der Waals surface area contributed by atoms with Gasteiger partial charge in [-0.25, -0.2) is 4.99 Å². The minimum Gasteiger partial charge on any atom is -0.370 e. The number of rotatable bonds is 5. The largest absolute Gasteiger partial charge is 0.416 e. The van der Waals surface area contributed by atoms with E-state index in [1.165, 1.54) is 10.9 Å². The van der Waals surface area contributed by atoms with Crippen LogP contribution in [-0.2, 0) is 19.1 Å². The summed E-state index contributed by atoms with van der Waals surface area (Å²) >= 11 is 1.66. The van der Waals surface area contributed by atoms with Gasteiger partial charge < -0.3 is 11.1 Å². The van der Waals surface area contributed by atoms with Gasteiger partial charge in [0, 0.05) is 11.4 Å². The van der Waals surface area contributed by atoms with Gasteiger partial charge in [0.25, 0.3) is 0 Å². The van der Waals surface area contributed by atoms with Gasteiger partial charge in [0.1, 0.15) is 0 Å². The van der Waals surface area contributed by atoms with Gasteiger partial charge in [0.05, 0.1) is 12.1 Å². The second-order valence-corrected chi connectivity index (χ2v) is 5.69. The molecule has 7 heteroatoms. The molecule has 0 saturated heterocycles. The maximum absolute atomic E-state index is 12.6. The van der Waals surface area contributed by atoms with Crippen LogP contribution in [0.5, 0.6) is 0 Å². The monoisotopic (exact) mass is 327 g/mol. The van der Waals surface area contributed by atoms with E-state index in [0.717, 1.165) is 18.6 Å². The first-order chi connectivity index (χ1) is 10.4. The van der Waals surface area contributed by atoms with Crippen LogP contribution >= 0.6 is 11.3 Å². The quantitative estimate of drug-likeness (QED) is 0.653. The zero-order valence-electron chi connectivity index (χ0n) is 11.7. The third-order valence-electron chi connectivity index (χ3n) is 2.94. The number of hydrogen-bond acceptors (Lipinski definition) is 2. The van der Waals surface area contributed by atoms with Crippen molar-refractivity contribution in [1.29, 1.82) is 0 Å². The number of benzene rings is 1. The topological polar surface area (TPSA) is 50.4 Å². The molecule has 0 atom stereocenters. The first-order valence-electron chi connectivity index (χ1n) is 6.67. The molecule has 2 aromatic rings. The number of alkyl halides is 3. The summed E-state index contributed by atoms with van der Waals surface area (Å²) in [6.45, 7) is 0.750. The highest BCUT2D eigenvalue weighted by Crippen LogP contribution is 2.29. The second kappa shape index (κ2) is 7.31. The Hall–Kier alpha value is -2.02. The number of nitrogens with two attached hydrogens (primary N) is 1. The molecule has 2 rings (SSSR count). The molecule has 0 radical (unpaired) electrons. The summed E-state index contributed by atoms with van der Waals surface area (Å²) in [5.41, 5.74) is 5.50. The van der Waals surface area contributed by atoms with Crippen molar-refractivity contribution in [2.75, 3.05) is 6.54 Å². The molecule has 0 fully saturated rings. The number of halogens is 3. The highest BCUT2D eigenvalue weighted by molar-refractivity contribution is 7.09. The van der Waals surface area contributed by atoms with Crippen LogP contribution in [0.4, 0.5) is 13.2 Å². The molecule has 1 aromatic heterocycles. The first-order valence-corrected chi connectivity index (χ1v) is 7.55. The molecule has 0 amide bonds. The first kappa shape index (κ1) is 16.4. The summed E-state index contributed by atoms with van der Waals surface area (Å²) in [6, 6.07) is 9.09. The Balaban J connectivity index is 1.85. The molecule has 3 nitrogen and oxygen atoms in total. The Labute approximate surface area is 130 Å². The van der Waals surface area contributed by atoms with Gasteiger partial charge >= 0.3 is 6.18 Å². The number of thiophene rings is 1. The molecule has 1 aromatic carbocycles. The van der Waals surface area contributed by atoms with E-state index in [9.17, 15) is 13.2 Å². The van der Waals surface area contributed by atoms with Gasteiger partial charge in [0.15, 0.2) is 5.96 Å². The number of aliphatic imine (C=N–C) groups is 1. The van der Waals surface area contributed by atoms with Crippen LogP contribution in [0.15, 0.2) is 46.8 Å². The molecular formula is C15H16F3N3S. The zero-order chi connectivity index (χ0) is 16.0. The number of nitrogens with one attached hydrogen (secondary N) is 1. The van der Waals surface area contributed by atoms with E-state index >= 15 is 0 Å². The minimum absolute atomic E-state index is 0.113. The lowest BCUT2D eigenvalue weighted by Crippen LogP contribution is -2.33. The third kappa shape index (κ3) is 5.07. The maximum Gasteiger partial charge on any atom is 0.416 e. The molecule has 0 saturated carbocycles. The highest BCUT2D eigenvalue weighted by Gasteiger charge is 2.30. The molecule has 0 aliphatic heterocycles. The van der Waals surface area contributed by atoms with Crippen LogP contribution < -0.4 is 11.1 Å². The van der Waals surface area contributed by atoms with Gasteiger partial charge in [-0.05, 0) is 35.6 Å². The molecule has 0 aliphatic rings. The molecule has 1 heterocycles. The van der Waals surface area contributed by atoms with Crippen molar-refractivity contribution in [2.45, 2.75) is 19.1 Å². The average molecular weight is 327 g/mol. The summed E-state index contributed by atoms with van der Waals surface area (Å²) in [4.78, 5) is 5.29. The lowest BCUT2D eigenvalue weighted by Gasteiger charge is -2.08. The number of guanidine groups is 1. The van der Waals surface area contributed by atoms with Crippen LogP contribution in [0.1, 0.15) is 16.0 Å². The van der Waals surface area contributed by atoms with Crippen molar-refractivity contribution in [3.63, 3.8) is 0 Å². The minimum atomic E-state index is -4.34. The van der Waals surface area contributed by atoms with Crippen LogP contribution in [0.3, 0.4) is 0 Å². The fourth-order valence-corrected chi connectivity index (χ4v) is 2.56. The Bertz CT molecular complexity index is 621. The highest BCUT2D eigenvalue weighted by atomic mass is 32.1. The fourth-order valence-electron chi connectivity index (χ4n) is 1.85. The summed E-state index contributed by atoms with van der Waals surface area (Å²) in [5.74, 6) is 0.231. The van der Waals surface area contributed by atoms with Crippen LogP contribution in [-0.4, -0.2) is 12.5 Å². The summed E-state index contributed by atoms with van der Waals surface area (Å²) in [7, 11) is 0. The van der Waals surface area contributed by atoms with Crippen molar-refractivity contribution < 1.29 is 13.2 Å². The van der Waals surface area contributed by atoms with Gasteiger partial charge in [0.2, 0.25) is 0 Å². The molecule has 0 spiro atoms. The van der Waals surface area contributed by atoms with Crippen molar-refractivity contribution in [3.8, 4) is 0 Å². The normalized spacial score (nSPS) is 12.4. The Kier molecular flexibility index (Phi) is 5.43. The molecule has 0 bridgehead atoms. The molecule has 0 aliphatic carbocycles. The summed E-state index contributed by atoms with van der Waals surface area (Å²) in [5, 5.41) is 4.95. The Morgan fingerprint density at radius 1 is 1.23 bits per heavy atom. The zero-order valence-corrected chi connectivity index (χ0v) is 12.5. The predicted octanol–water partition coefficient (Wildman–Crippen LogP) is 3.41. The van der Waals surface area contributed by atoms with Crippen molar-refractivity contribution >= 4 is 17.3 Å². The lowest BCUT2D eigenvalue weighted by molar-refractivity contribution is -0.137. The van der Waals surface area contributed by atoms with Crippen LogP contribution in [0.2, 0.25) is 0 Å². The number of nitrogens with zero attached hydrogens (tertiary/aromatic N) is 1. The molecule has 3 N–H and O–H groups in total.